The van der Waals surface area contributed by atoms with E-state index in [-0.39, 0.29) is 0 Å². The second kappa shape index (κ2) is 4.22. The lowest BCUT2D eigenvalue weighted by molar-refractivity contribution is 0.561. The summed E-state index contributed by atoms with van der Waals surface area (Å²) in [5.74, 6) is 0.658. The van der Waals surface area contributed by atoms with E-state index < -0.39 is 0 Å². The molecule has 0 unspecified atom stereocenters. The van der Waals surface area contributed by atoms with E-state index in [1.165, 1.54) is 0 Å². The Morgan fingerprint density at radius 3 is 3.00 bits per heavy atom. The fourth-order valence-electron chi connectivity index (χ4n) is 1.88. The summed E-state index contributed by atoms with van der Waals surface area (Å²) < 4.78 is 6.40. The Bertz CT molecular complexity index is 716. The van der Waals surface area contributed by atoms with Crippen LogP contribution in [0.5, 0.6) is 0 Å². The Kier molecular flexibility index (Phi) is 2.68. The highest BCUT2D eigenvalue weighted by atomic mass is 79.9. The first-order chi connectivity index (χ1) is 8.69. The molecule has 3 N–H and O–H groups in total. The van der Waals surface area contributed by atoms with Crippen LogP contribution < -0.4 is 5.73 Å². The Balaban J connectivity index is 2.15. The second-order valence-corrected chi connectivity index (χ2v) is 4.78. The van der Waals surface area contributed by atoms with Crippen molar-refractivity contribution in [2.75, 3.05) is 0 Å². The Morgan fingerprint density at radius 2 is 2.28 bits per heavy atom. The van der Waals surface area contributed by atoms with E-state index in [1.54, 1.807) is 0 Å². The molecule has 92 valence electrons. The zero-order valence-electron chi connectivity index (χ0n) is 9.70. The van der Waals surface area contributed by atoms with Gasteiger partial charge in [-0.2, -0.15) is 5.10 Å². The summed E-state index contributed by atoms with van der Waals surface area (Å²) in [5, 5.41) is 7.16. The molecule has 0 fully saturated rings. The van der Waals surface area contributed by atoms with Gasteiger partial charge in [0.25, 0.3) is 0 Å². The number of rotatable bonds is 2. The molecule has 6 heteroatoms. The van der Waals surface area contributed by atoms with Gasteiger partial charge in [-0.25, -0.2) is 4.98 Å². The number of aromatic amines is 1. The van der Waals surface area contributed by atoms with Crippen LogP contribution in [-0.4, -0.2) is 15.2 Å². The van der Waals surface area contributed by atoms with Crippen LogP contribution in [0.1, 0.15) is 11.6 Å². The van der Waals surface area contributed by atoms with E-state index in [0.717, 1.165) is 32.5 Å². The SMILES string of the molecule is Cc1nc2ccc(-c3n[nH]c(CN)c3Br)cc2o1. The molecule has 5 nitrogen and oxygen atoms in total. The van der Waals surface area contributed by atoms with Gasteiger partial charge in [-0.05, 0) is 28.1 Å². The lowest BCUT2D eigenvalue weighted by atomic mass is 10.1. The molecular formula is C12H11BrN4O. The number of nitrogens with one attached hydrogen (secondary N) is 1. The molecular weight excluding hydrogens is 296 g/mol. The maximum Gasteiger partial charge on any atom is 0.192 e. The molecule has 0 aliphatic heterocycles. The van der Waals surface area contributed by atoms with Crippen molar-refractivity contribution in [3.8, 4) is 11.3 Å². The summed E-state index contributed by atoms with van der Waals surface area (Å²) in [4.78, 5) is 4.27. The molecule has 0 atom stereocenters. The van der Waals surface area contributed by atoms with E-state index >= 15 is 0 Å². The van der Waals surface area contributed by atoms with Crippen LogP contribution in [0, 0.1) is 6.92 Å². The number of nitrogens with two attached hydrogens (primary N) is 1. The van der Waals surface area contributed by atoms with Crippen molar-refractivity contribution in [3.63, 3.8) is 0 Å². The maximum atomic E-state index is 5.61. The molecule has 3 aromatic rings. The first-order valence-corrected chi connectivity index (χ1v) is 6.28. The number of halogens is 1. The van der Waals surface area contributed by atoms with Crippen molar-refractivity contribution in [3.05, 3.63) is 34.3 Å². The summed E-state index contributed by atoms with van der Waals surface area (Å²) in [5.41, 5.74) is 9.87. The summed E-state index contributed by atoms with van der Waals surface area (Å²) in [7, 11) is 0. The van der Waals surface area contributed by atoms with Gasteiger partial charge < -0.3 is 10.2 Å². The number of H-pyrrole nitrogens is 1. The van der Waals surface area contributed by atoms with Crippen LogP contribution in [0.15, 0.2) is 27.1 Å². The predicted molar refractivity (Wildman–Crippen MR) is 71.9 cm³/mol. The highest BCUT2D eigenvalue weighted by molar-refractivity contribution is 9.10. The van der Waals surface area contributed by atoms with Crippen LogP contribution in [0.2, 0.25) is 0 Å². The molecule has 0 aliphatic carbocycles. The molecule has 0 spiro atoms. The van der Waals surface area contributed by atoms with E-state index in [2.05, 4.69) is 31.1 Å². The highest BCUT2D eigenvalue weighted by Crippen LogP contribution is 2.30. The third-order valence-corrected chi connectivity index (χ3v) is 3.60. The number of nitrogens with zero attached hydrogens (tertiary/aromatic N) is 2. The minimum Gasteiger partial charge on any atom is -0.441 e. The molecule has 18 heavy (non-hydrogen) atoms. The van der Waals surface area contributed by atoms with E-state index in [0.29, 0.717) is 12.4 Å². The molecule has 0 saturated carbocycles. The zero-order chi connectivity index (χ0) is 12.7. The summed E-state index contributed by atoms with van der Waals surface area (Å²) in [6.45, 7) is 2.24. The molecule has 2 heterocycles. The number of aryl methyl sites for hydroxylation is 1. The predicted octanol–water partition coefficient (Wildman–Crippen LogP) is 2.75. The van der Waals surface area contributed by atoms with Gasteiger partial charge in [0.2, 0.25) is 0 Å². The highest BCUT2D eigenvalue weighted by Gasteiger charge is 2.13. The third-order valence-electron chi connectivity index (χ3n) is 2.75. The Morgan fingerprint density at radius 1 is 1.44 bits per heavy atom. The lowest BCUT2D eigenvalue weighted by Gasteiger charge is -1.97. The average Bonchev–Trinajstić information content (AvgIpc) is 2.89. The Labute approximate surface area is 112 Å². The van der Waals surface area contributed by atoms with Gasteiger partial charge in [-0.15, -0.1) is 0 Å². The van der Waals surface area contributed by atoms with Crippen molar-refractivity contribution in [2.24, 2.45) is 5.73 Å². The number of oxazole rings is 1. The molecule has 3 rings (SSSR count). The first-order valence-electron chi connectivity index (χ1n) is 5.49. The fourth-order valence-corrected chi connectivity index (χ4v) is 2.45. The van der Waals surface area contributed by atoms with Gasteiger partial charge in [-0.3, -0.25) is 5.10 Å². The van der Waals surface area contributed by atoms with Gasteiger partial charge in [0.1, 0.15) is 11.2 Å². The van der Waals surface area contributed by atoms with Gasteiger partial charge in [0.15, 0.2) is 11.5 Å². The van der Waals surface area contributed by atoms with Gasteiger partial charge in [0, 0.05) is 19.0 Å². The number of hydrogen-bond acceptors (Lipinski definition) is 4. The summed E-state index contributed by atoms with van der Waals surface area (Å²) in [6, 6.07) is 5.81. The van der Waals surface area contributed by atoms with E-state index in [9.17, 15) is 0 Å². The number of aromatic nitrogens is 3. The smallest absolute Gasteiger partial charge is 0.192 e. The largest absolute Gasteiger partial charge is 0.441 e. The van der Waals surface area contributed by atoms with Crippen LogP contribution in [0.3, 0.4) is 0 Å². The average molecular weight is 307 g/mol. The van der Waals surface area contributed by atoms with Crippen LogP contribution in [0.25, 0.3) is 22.4 Å². The minimum atomic E-state index is 0.414. The first kappa shape index (κ1) is 11.4. The van der Waals surface area contributed by atoms with Gasteiger partial charge in [0.05, 0.1) is 10.2 Å². The van der Waals surface area contributed by atoms with Crippen LogP contribution in [0.4, 0.5) is 0 Å². The normalized spacial score (nSPS) is 11.3. The lowest BCUT2D eigenvalue weighted by Crippen LogP contribution is -1.96. The van der Waals surface area contributed by atoms with Crippen molar-refractivity contribution >= 4 is 27.0 Å². The van der Waals surface area contributed by atoms with E-state index in [1.807, 2.05) is 25.1 Å². The third kappa shape index (κ3) is 1.74. The van der Waals surface area contributed by atoms with E-state index in [4.69, 9.17) is 10.2 Å². The topological polar surface area (TPSA) is 80.7 Å². The maximum absolute atomic E-state index is 5.61. The Hall–Kier alpha value is -1.66. The van der Waals surface area contributed by atoms with Crippen molar-refractivity contribution in [1.29, 1.82) is 0 Å². The van der Waals surface area contributed by atoms with Crippen LogP contribution in [-0.2, 0) is 6.54 Å². The summed E-state index contributed by atoms with van der Waals surface area (Å²) in [6.07, 6.45) is 0. The minimum absolute atomic E-state index is 0.414. The monoisotopic (exact) mass is 306 g/mol. The number of benzene rings is 1. The second-order valence-electron chi connectivity index (χ2n) is 3.98. The standard InChI is InChI=1S/C12H11BrN4O/c1-6-15-8-3-2-7(4-10(8)18-6)12-11(13)9(5-14)16-17-12/h2-4H,5,14H2,1H3,(H,16,17). The molecule has 2 aromatic heterocycles. The fraction of sp³-hybridized carbons (Fsp3) is 0.167. The van der Waals surface area contributed by atoms with Crippen LogP contribution >= 0.6 is 15.9 Å². The molecule has 0 radical (unpaired) electrons. The quantitative estimate of drug-likeness (QED) is 0.763. The number of hydrogen-bond donors (Lipinski definition) is 2. The van der Waals surface area contributed by atoms with Gasteiger partial charge >= 0.3 is 0 Å². The molecule has 0 amide bonds. The molecule has 0 saturated heterocycles. The number of fused-ring (bicyclic) bond motifs is 1. The van der Waals surface area contributed by atoms with Crippen molar-refractivity contribution < 1.29 is 4.42 Å². The molecule has 0 bridgehead atoms. The van der Waals surface area contributed by atoms with Gasteiger partial charge in [-0.1, -0.05) is 6.07 Å². The molecule has 0 aliphatic rings. The van der Waals surface area contributed by atoms with Crippen molar-refractivity contribution in [1.82, 2.24) is 15.2 Å². The zero-order valence-corrected chi connectivity index (χ0v) is 11.3. The van der Waals surface area contributed by atoms with Crippen molar-refractivity contribution in [2.45, 2.75) is 13.5 Å². The molecule has 1 aromatic carbocycles. The summed E-state index contributed by atoms with van der Waals surface area (Å²) >= 11 is 3.50.